The maximum absolute atomic E-state index is 11.0. The van der Waals surface area contributed by atoms with Crippen LogP contribution in [-0.2, 0) is 4.79 Å². The maximum Gasteiger partial charge on any atom is 0.311 e. The molecule has 0 saturated heterocycles. The topological polar surface area (TPSA) is 76.5 Å². The molecule has 1 heterocycles. The summed E-state index contributed by atoms with van der Waals surface area (Å²) < 4.78 is 5.33. The summed E-state index contributed by atoms with van der Waals surface area (Å²) in [5, 5.41) is 9.02. The molecule has 0 amide bonds. The Morgan fingerprint density at radius 3 is 2.64 bits per heavy atom. The molecule has 76 valence electrons. The van der Waals surface area contributed by atoms with Gasteiger partial charge in [-0.3, -0.25) is 4.79 Å². The van der Waals surface area contributed by atoms with Crippen molar-refractivity contribution in [1.29, 1.82) is 0 Å². The fourth-order valence-electron chi connectivity index (χ4n) is 1.69. The summed E-state index contributed by atoms with van der Waals surface area (Å²) in [5.74, 6) is 0.512. The van der Waals surface area contributed by atoms with Gasteiger partial charge in [-0.25, -0.2) is 0 Å². The quantitative estimate of drug-likeness (QED) is 0.765. The Labute approximate surface area is 81.7 Å². The van der Waals surface area contributed by atoms with E-state index in [-0.39, 0.29) is 0 Å². The van der Waals surface area contributed by atoms with E-state index < -0.39 is 17.4 Å². The molecule has 1 aliphatic carbocycles. The Morgan fingerprint density at radius 1 is 1.64 bits per heavy atom. The van der Waals surface area contributed by atoms with Crippen molar-refractivity contribution < 1.29 is 14.3 Å². The van der Waals surface area contributed by atoms with Gasteiger partial charge in [-0.05, 0) is 31.9 Å². The van der Waals surface area contributed by atoms with Crippen LogP contribution in [0.25, 0.3) is 0 Å². The summed E-state index contributed by atoms with van der Waals surface area (Å²) in [4.78, 5) is 11.0. The second kappa shape index (κ2) is 2.85. The van der Waals surface area contributed by atoms with Gasteiger partial charge in [0, 0.05) is 0 Å². The van der Waals surface area contributed by atoms with Crippen LogP contribution in [0.3, 0.4) is 0 Å². The van der Waals surface area contributed by atoms with Crippen LogP contribution < -0.4 is 5.73 Å². The van der Waals surface area contributed by atoms with Crippen LogP contribution in [0.4, 0.5) is 0 Å². The van der Waals surface area contributed by atoms with E-state index in [4.69, 9.17) is 15.3 Å². The lowest BCUT2D eigenvalue weighted by Gasteiger charge is -2.16. The van der Waals surface area contributed by atoms with Crippen LogP contribution in [-0.4, -0.2) is 11.1 Å². The summed E-state index contributed by atoms with van der Waals surface area (Å²) in [6.45, 7) is 1.82. The standard InChI is InChI=1S/C10H13NO3/c1-6-2-3-7(14-6)8(11)10(4-5-10)9(12)13/h2-3,8H,4-5,11H2,1H3,(H,12,13). The van der Waals surface area contributed by atoms with Gasteiger partial charge in [0.1, 0.15) is 11.5 Å². The Kier molecular flexibility index (Phi) is 1.89. The second-order valence-corrected chi connectivity index (χ2v) is 3.89. The number of hydrogen-bond acceptors (Lipinski definition) is 3. The predicted octanol–water partition coefficient (Wildman–Crippen LogP) is 1.45. The molecule has 14 heavy (non-hydrogen) atoms. The van der Waals surface area contributed by atoms with Gasteiger partial charge in [-0.15, -0.1) is 0 Å². The third-order valence-corrected chi connectivity index (χ3v) is 2.88. The Bertz CT molecular complexity index is 365. The molecule has 0 aromatic carbocycles. The molecule has 1 aromatic rings. The first-order valence-electron chi connectivity index (χ1n) is 4.61. The molecule has 1 atom stereocenters. The van der Waals surface area contributed by atoms with Crippen molar-refractivity contribution in [1.82, 2.24) is 0 Å². The fraction of sp³-hybridized carbons (Fsp3) is 0.500. The molecular formula is C10H13NO3. The Hall–Kier alpha value is -1.29. The molecule has 0 spiro atoms. The minimum atomic E-state index is -0.820. The summed E-state index contributed by atoms with van der Waals surface area (Å²) in [6.07, 6.45) is 1.28. The van der Waals surface area contributed by atoms with Crippen LogP contribution in [0.5, 0.6) is 0 Å². The zero-order valence-corrected chi connectivity index (χ0v) is 7.99. The third-order valence-electron chi connectivity index (χ3n) is 2.88. The van der Waals surface area contributed by atoms with Crippen molar-refractivity contribution in [2.45, 2.75) is 25.8 Å². The number of hydrogen-bond donors (Lipinski definition) is 2. The number of nitrogens with two attached hydrogens (primary N) is 1. The molecule has 0 aliphatic heterocycles. The average Bonchev–Trinajstić information content (AvgIpc) is 2.84. The lowest BCUT2D eigenvalue weighted by atomic mass is 9.95. The highest BCUT2D eigenvalue weighted by Crippen LogP contribution is 2.54. The van der Waals surface area contributed by atoms with E-state index in [1.807, 2.05) is 6.92 Å². The van der Waals surface area contributed by atoms with E-state index in [0.717, 1.165) is 5.76 Å². The first-order valence-corrected chi connectivity index (χ1v) is 4.61. The summed E-state index contributed by atoms with van der Waals surface area (Å²) >= 11 is 0. The van der Waals surface area contributed by atoms with E-state index in [0.29, 0.717) is 18.6 Å². The minimum absolute atomic E-state index is 0.520. The fourth-order valence-corrected chi connectivity index (χ4v) is 1.69. The number of aryl methyl sites for hydroxylation is 1. The SMILES string of the molecule is Cc1ccc(C(N)C2(C(=O)O)CC2)o1. The van der Waals surface area contributed by atoms with E-state index in [2.05, 4.69) is 0 Å². The van der Waals surface area contributed by atoms with Gasteiger partial charge in [0.15, 0.2) is 0 Å². The highest BCUT2D eigenvalue weighted by molar-refractivity contribution is 5.79. The first kappa shape index (κ1) is 9.27. The van der Waals surface area contributed by atoms with E-state index in [1.54, 1.807) is 12.1 Å². The van der Waals surface area contributed by atoms with Crippen LogP contribution >= 0.6 is 0 Å². The smallest absolute Gasteiger partial charge is 0.311 e. The number of carboxylic acid groups (broad SMARTS) is 1. The summed E-state index contributed by atoms with van der Waals surface area (Å²) in [5.41, 5.74) is 5.10. The van der Waals surface area contributed by atoms with Gasteiger partial charge in [-0.1, -0.05) is 0 Å². The van der Waals surface area contributed by atoms with Crippen LogP contribution in [0.2, 0.25) is 0 Å². The molecule has 1 saturated carbocycles. The van der Waals surface area contributed by atoms with Crippen LogP contribution in [0, 0.1) is 12.3 Å². The number of carbonyl (C=O) groups is 1. The second-order valence-electron chi connectivity index (χ2n) is 3.89. The van der Waals surface area contributed by atoms with Crippen molar-refractivity contribution >= 4 is 5.97 Å². The number of aliphatic carboxylic acids is 1. The van der Waals surface area contributed by atoms with Crippen molar-refractivity contribution in [3.8, 4) is 0 Å². The molecule has 0 bridgehead atoms. The summed E-state index contributed by atoms with van der Waals surface area (Å²) in [7, 11) is 0. The molecule has 3 N–H and O–H groups in total. The number of carboxylic acids is 1. The molecule has 1 aliphatic rings. The first-order chi connectivity index (χ1) is 6.56. The number of rotatable bonds is 3. The molecule has 4 heteroatoms. The zero-order valence-electron chi connectivity index (χ0n) is 7.99. The van der Waals surface area contributed by atoms with E-state index >= 15 is 0 Å². The lowest BCUT2D eigenvalue weighted by Crippen LogP contribution is -2.29. The van der Waals surface area contributed by atoms with Crippen LogP contribution in [0.1, 0.15) is 30.4 Å². The largest absolute Gasteiger partial charge is 0.481 e. The lowest BCUT2D eigenvalue weighted by molar-refractivity contribution is -0.144. The maximum atomic E-state index is 11.0. The average molecular weight is 195 g/mol. The molecule has 0 radical (unpaired) electrons. The van der Waals surface area contributed by atoms with Crippen LogP contribution in [0.15, 0.2) is 16.5 Å². The normalized spacial score (nSPS) is 20.4. The van der Waals surface area contributed by atoms with Gasteiger partial charge < -0.3 is 15.3 Å². The molecular weight excluding hydrogens is 182 g/mol. The van der Waals surface area contributed by atoms with Crippen molar-refractivity contribution in [3.05, 3.63) is 23.7 Å². The zero-order chi connectivity index (χ0) is 10.3. The Balaban J connectivity index is 2.24. The molecule has 4 nitrogen and oxygen atoms in total. The highest BCUT2D eigenvalue weighted by Gasteiger charge is 2.56. The predicted molar refractivity (Wildman–Crippen MR) is 49.7 cm³/mol. The summed E-state index contributed by atoms with van der Waals surface area (Å²) in [6, 6.07) is 3.03. The van der Waals surface area contributed by atoms with Gasteiger partial charge in [0.25, 0.3) is 0 Å². The minimum Gasteiger partial charge on any atom is -0.481 e. The molecule has 1 unspecified atom stereocenters. The van der Waals surface area contributed by atoms with Gasteiger partial charge in [0.2, 0.25) is 0 Å². The highest BCUT2D eigenvalue weighted by atomic mass is 16.4. The van der Waals surface area contributed by atoms with E-state index in [9.17, 15) is 4.79 Å². The Morgan fingerprint density at radius 2 is 2.29 bits per heavy atom. The molecule has 1 fully saturated rings. The number of furan rings is 1. The third kappa shape index (κ3) is 1.23. The van der Waals surface area contributed by atoms with Gasteiger partial charge in [0.05, 0.1) is 11.5 Å². The molecule has 1 aromatic heterocycles. The van der Waals surface area contributed by atoms with E-state index in [1.165, 1.54) is 0 Å². The van der Waals surface area contributed by atoms with Crippen molar-refractivity contribution in [2.75, 3.05) is 0 Å². The monoisotopic (exact) mass is 195 g/mol. The van der Waals surface area contributed by atoms with Crippen molar-refractivity contribution in [2.24, 2.45) is 11.1 Å². The van der Waals surface area contributed by atoms with Crippen molar-refractivity contribution in [3.63, 3.8) is 0 Å². The van der Waals surface area contributed by atoms with Gasteiger partial charge in [-0.2, -0.15) is 0 Å². The molecule has 2 rings (SSSR count). The van der Waals surface area contributed by atoms with Gasteiger partial charge >= 0.3 is 5.97 Å².